The second-order valence-electron chi connectivity index (χ2n) is 18.5. The van der Waals surface area contributed by atoms with Gasteiger partial charge in [0.2, 0.25) is 0 Å². The third-order valence-corrected chi connectivity index (χ3v) is 16.3. The quantitative estimate of drug-likeness (QED) is 0.259. The van der Waals surface area contributed by atoms with Gasteiger partial charge in [0.1, 0.15) is 24.1 Å². The number of furan rings is 2. The standard InChI is InChI=1S/C22H30O6.C21H26O6/c1-12(23)19-15(26-4)5-6-17-21(2)10-16(13-7-8-27-11-13)28-20(25)14(21)9-18(24)22(17,19)3;1-20-9-14(11-6-7-25-10-11)26-18(22)12(20)8-16-21(2)15(20)5-4-13(24-3)17(21)19(23)27-16/h7-8,11,14-19,24H,5-6,9-10H2,1-4H3;6-7,10,12-17H,4-5,8-9H2,1-3H3/t14?,15?,16?,17-,18?,19?,21+,22-;12?,13?,14?,15-,16?,17?,20+,21-/m00/s1. The lowest BCUT2D eigenvalue weighted by atomic mass is 9.42. The molecule has 1 N–H and O–H groups in total. The minimum atomic E-state index is -0.750. The normalized spacial score (nSPS) is 47.0. The van der Waals surface area contributed by atoms with Gasteiger partial charge in [0.05, 0.1) is 67.0 Å². The van der Waals surface area contributed by atoms with E-state index >= 15 is 0 Å². The number of esters is 3. The van der Waals surface area contributed by atoms with Gasteiger partial charge in [-0.25, -0.2) is 0 Å². The molecule has 12 nitrogen and oxygen atoms in total. The predicted molar refractivity (Wildman–Crippen MR) is 194 cm³/mol. The molecule has 0 spiro atoms. The number of hydrogen-bond acceptors (Lipinski definition) is 12. The zero-order valence-corrected chi connectivity index (χ0v) is 33.0. The summed E-state index contributed by atoms with van der Waals surface area (Å²) < 4.78 is 39.1. The van der Waals surface area contributed by atoms with E-state index in [1.165, 1.54) is 0 Å². The number of fused-ring (bicyclic) bond motifs is 5. The Labute approximate surface area is 322 Å². The van der Waals surface area contributed by atoms with Crippen LogP contribution in [-0.2, 0) is 42.9 Å². The van der Waals surface area contributed by atoms with Crippen LogP contribution in [0.1, 0.15) is 109 Å². The molecule has 3 saturated heterocycles. The summed E-state index contributed by atoms with van der Waals surface area (Å²) in [4.78, 5) is 51.3. The Hall–Kier alpha value is -3.48. The molecule has 7 aliphatic rings. The van der Waals surface area contributed by atoms with Gasteiger partial charge in [-0.15, -0.1) is 0 Å². The van der Waals surface area contributed by atoms with E-state index in [4.69, 9.17) is 32.5 Å². The Morgan fingerprint density at radius 3 is 1.71 bits per heavy atom. The van der Waals surface area contributed by atoms with Crippen LogP contribution < -0.4 is 0 Å². The molecule has 0 amide bonds. The van der Waals surface area contributed by atoms with Crippen LogP contribution in [0.15, 0.2) is 46.0 Å². The maximum atomic E-state index is 13.0. The number of cyclic esters (lactones) is 2. The van der Waals surface area contributed by atoms with Crippen molar-refractivity contribution < 1.29 is 56.8 Å². The number of aliphatic hydroxyl groups excluding tert-OH is 1. The van der Waals surface area contributed by atoms with Gasteiger partial charge in [-0.2, -0.15) is 0 Å². The summed E-state index contributed by atoms with van der Waals surface area (Å²) >= 11 is 0. The molecule has 0 bridgehead atoms. The molecular formula is C43H56O12. The number of carbonyl (C=O) groups is 4. The Morgan fingerprint density at radius 2 is 1.22 bits per heavy atom. The van der Waals surface area contributed by atoms with E-state index in [2.05, 4.69) is 20.8 Å². The number of ether oxygens (including phenoxy) is 5. The van der Waals surface area contributed by atoms with Crippen LogP contribution in [0.2, 0.25) is 0 Å². The van der Waals surface area contributed by atoms with Gasteiger partial charge in [0, 0.05) is 36.2 Å². The second-order valence-corrected chi connectivity index (χ2v) is 18.5. The fourth-order valence-electron chi connectivity index (χ4n) is 13.7. The van der Waals surface area contributed by atoms with E-state index in [9.17, 15) is 24.3 Å². The van der Waals surface area contributed by atoms with Crippen molar-refractivity contribution in [1.82, 2.24) is 0 Å². The fourth-order valence-corrected chi connectivity index (χ4v) is 13.7. The van der Waals surface area contributed by atoms with Gasteiger partial charge in [0.15, 0.2) is 0 Å². The van der Waals surface area contributed by atoms with E-state index in [0.29, 0.717) is 19.3 Å². The van der Waals surface area contributed by atoms with Crippen molar-refractivity contribution in [3.8, 4) is 0 Å². The molecule has 9 rings (SSSR count). The first-order valence-corrected chi connectivity index (χ1v) is 20.0. The lowest BCUT2D eigenvalue weighted by Crippen LogP contribution is -2.66. The van der Waals surface area contributed by atoms with E-state index < -0.39 is 11.5 Å². The van der Waals surface area contributed by atoms with Gasteiger partial charge < -0.3 is 37.6 Å². The van der Waals surface area contributed by atoms with Gasteiger partial charge in [-0.05, 0) is 93.1 Å². The third kappa shape index (κ3) is 5.54. The molecule has 5 heterocycles. The highest BCUT2D eigenvalue weighted by Crippen LogP contribution is 2.69. The summed E-state index contributed by atoms with van der Waals surface area (Å²) in [5, 5.41) is 11.2. The van der Waals surface area contributed by atoms with E-state index in [-0.39, 0.29) is 106 Å². The van der Waals surface area contributed by atoms with E-state index in [1.807, 2.05) is 19.1 Å². The number of hydrogen-bond donors (Lipinski definition) is 1. The molecule has 0 radical (unpaired) electrons. The van der Waals surface area contributed by atoms with Crippen molar-refractivity contribution in [3.63, 3.8) is 0 Å². The maximum absolute atomic E-state index is 13.0. The molecule has 0 aromatic carbocycles. The molecule has 4 saturated carbocycles. The monoisotopic (exact) mass is 764 g/mol. The SMILES string of the molecule is COC1CC[C@@H]2[C@@](C)(C(O)CC3C(=O)OC(c4ccoc4)C[C@]32C)C1C(C)=O.COC1CC[C@@H]2[C@@]3(C)C(CC4C(=O)OC(c5ccoc5)C[C@]42C)OC(=O)C13. The molecule has 2 aromatic rings. The molecule has 10 unspecified atom stereocenters. The summed E-state index contributed by atoms with van der Waals surface area (Å²) in [5.74, 6) is -1.56. The number of Topliss-reactive ketones (excluding diaryl/α,β-unsaturated/α-hetero) is 1. The summed E-state index contributed by atoms with van der Waals surface area (Å²) in [6.07, 6.45) is 10.1. The summed E-state index contributed by atoms with van der Waals surface area (Å²) in [6, 6.07) is 3.69. The molecular weight excluding hydrogens is 708 g/mol. The molecule has 7 fully saturated rings. The molecule has 16 atom stereocenters. The first-order valence-electron chi connectivity index (χ1n) is 20.0. The van der Waals surface area contributed by atoms with Gasteiger partial charge in [-0.3, -0.25) is 19.2 Å². The van der Waals surface area contributed by atoms with Crippen LogP contribution in [-0.4, -0.2) is 67.4 Å². The smallest absolute Gasteiger partial charge is 0.312 e. The lowest BCUT2D eigenvalue weighted by Gasteiger charge is -2.64. The van der Waals surface area contributed by atoms with Crippen molar-refractivity contribution in [2.24, 2.45) is 57.2 Å². The topological polar surface area (TPSA) is 161 Å². The molecule has 3 aliphatic heterocycles. The van der Waals surface area contributed by atoms with Crippen LogP contribution in [0.4, 0.5) is 0 Å². The summed E-state index contributed by atoms with van der Waals surface area (Å²) in [7, 11) is 3.31. The summed E-state index contributed by atoms with van der Waals surface area (Å²) in [5.41, 5.74) is 0.213. The van der Waals surface area contributed by atoms with Crippen LogP contribution in [0, 0.1) is 57.2 Å². The van der Waals surface area contributed by atoms with Gasteiger partial charge in [-0.1, -0.05) is 27.7 Å². The molecule has 12 heteroatoms. The second kappa shape index (κ2) is 13.6. The minimum Gasteiger partial charge on any atom is -0.472 e. The zero-order valence-electron chi connectivity index (χ0n) is 33.0. The van der Waals surface area contributed by atoms with Crippen molar-refractivity contribution in [2.75, 3.05) is 14.2 Å². The first-order chi connectivity index (χ1) is 26.1. The number of ketones is 1. The molecule has 2 aromatic heterocycles. The number of rotatable bonds is 5. The molecule has 4 aliphatic carbocycles. The van der Waals surface area contributed by atoms with Crippen LogP contribution >= 0.6 is 0 Å². The number of methoxy groups -OCH3 is 2. The Morgan fingerprint density at radius 1 is 0.709 bits per heavy atom. The minimum absolute atomic E-state index is 0.0244. The lowest BCUT2D eigenvalue weighted by molar-refractivity contribution is -0.235. The van der Waals surface area contributed by atoms with E-state index in [1.54, 1.807) is 46.2 Å². The summed E-state index contributed by atoms with van der Waals surface area (Å²) in [6.45, 7) is 10.1. The van der Waals surface area contributed by atoms with Gasteiger partial charge in [0.25, 0.3) is 0 Å². The van der Waals surface area contributed by atoms with Crippen molar-refractivity contribution in [1.29, 1.82) is 0 Å². The van der Waals surface area contributed by atoms with Crippen LogP contribution in [0.3, 0.4) is 0 Å². The molecule has 55 heavy (non-hydrogen) atoms. The first kappa shape index (κ1) is 38.4. The van der Waals surface area contributed by atoms with Gasteiger partial charge >= 0.3 is 17.9 Å². The van der Waals surface area contributed by atoms with Crippen LogP contribution in [0.25, 0.3) is 0 Å². The average molecular weight is 765 g/mol. The van der Waals surface area contributed by atoms with Crippen molar-refractivity contribution in [2.45, 2.75) is 123 Å². The van der Waals surface area contributed by atoms with Crippen molar-refractivity contribution in [3.05, 3.63) is 48.3 Å². The molecule has 300 valence electrons. The largest absolute Gasteiger partial charge is 0.472 e. The van der Waals surface area contributed by atoms with Crippen LogP contribution in [0.5, 0.6) is 0 Å². The highest BCUT2D eigenvalue weighted by atomic mass is 16.6. The maximum Gasteiger partial charge on any atom is 0.312 e. The predicted octanol–water partition coefficient (Wildman–Crippen LogP) is 6.56. The highest BCUT2D eigenvalue weighted by Gasteiger charge is 2.72. The number of aliphatic hydroxyl groups is 1. The average Bonchev–Trinajstić information content (AvgIpc) is 3.92. The Bertz CT molecular complexity index is 1790. The highest BCUT2D eigenvalue weighted by molar-refractivity contribution is 5.81. The Kier molecular flexibility index (Phi) is 9.48. The van der Waals surface area contributed by atoms with Crippen molar-refractivity contribution >= 4 is 23.7 Å². The zero-order chi connectivity index (χ0) is 39.2. The third-order valence-electron chi connectivity index (χ3n) is 16.3. The van der Waals surface area contributed by atoms with E-state index in [0.717, 1.165) is 43.2 Å². The fraction of sp³-hybridized carbons (Fsp3) is 0.721. The Balaban J connectivity index is 0.000000155. The number of carbonyl (C=O) groups excluding carboxylic acids is 4.